The van der Waals surface area contributed by atoms with Crippen LogP contribution >= 0.6 is 67.8 Å². The molecular weight excluding hydrogens is 599 g/mol. The Morgan fingerprint density at radius 3 is 2.45 bits per heavy atom. The Balaban J connectivity index is 2.42. The zero-order valence-corrected chi connectivity index (χ0v) is 17.1. The highest BCUT2D eigenvalue weighted by Gasteiger charge is 2.13. The lowest BCUT2D eigenvalue weighted by Crippen LogP contribution is -2.25. The fraction of sp³-hybridized carbons (Fsp3) is 0.385. The average Bonchev–Trinajstić information content (AvgIpc) is 2.37. The molecule has 1 aromatic rings. The molecule has 7 heteroatoms. The number of carboxylic acids is 1. The Morgan fingerprint density at radius 2 is 1.80 bits per heavy atom. The topological polar surface area (TPSA) is 66.4 Å². The summed E-state index contributed by atoms with van der Waals surface area (Å²) in [5.41, 5.74) is 0.701. The van der Waals surface area contributed by atoms with Crippen LogP contribution < -0.4 is 5.32 Å². The highest BCUT2D eigenvalue weighted by molar-refractivity contribution is 14.1. The van der Waals surface area contributed by atoms with E-state index in [1.54, 1.807) is 0 Å². The minimum atomic E-state index is -0.767. The number of nitrogens with one attached hydrogen (secondary N) is 1. The first-order valence-corrected chi connectivity index (χ1v) is 9.30. The molecule has 0 aliphatic carbocycles. The molecule has 0 unspecified atom stereocenters. The first-order chi connectivity index (χ1) is 9.41. The summed E-state index contributed by atoms with van der Waals surface area (Å²) in [5, 5.41) is 11.4. The van der Waals surface area contributed by atoms with Gasteiger partial charge in [0.2, 0.25) is 0 Å². The Kier molecular flexibility index (Phi) is 8.63. The molecule has 0 heterocycles. The molecular formula is C13H14I3NO3. The van der Waals surface area contributed by atoms with Gasteiger partial charge in [0.05, 0.1) is 5.56 Å². The van der Waals surface area contributed by atoms with Crippen LogP contribution in [0.4, 0.5) is 0 Å². The van der Waals surface area contributed by atoms with Crippen LogP contribution in [0.15, 0.2) is 12.1 Å². The molecule has 0 aliphatic heterocycles. The molecule has 1 rings (SSSR count). The SMILES string of the molecule is O=C(O)CCCCCNC(=O)c1cc(I)cc(I)c1I. The normalized spacial score (nSPS) is 10.3. The number of carboxylic acid groups (broad SMARTS) is 1. The van der Waals surface area contributed by atoms with Gasteiger partial charge in [-0.15, -0.1) is 0 Å². The summed E-state index contributed by atoms with van der Waals surface area (Å²) in [6.45, 7) is 0.580. The zero-order chi connectivity index (χ0) is 15.1. The maximum Gasteiger partial charge on any atom is 0.303 e. The number of hydrogen-bond donors (Lipinski definition) is 2. The summed E-state index contributed by atoms with van der Waals surface area (Å²) in [5.74, 6) is -0.832. The Labute approximate surface area is 158 Å². The highest BCUT2D eigenvalue weighted by Crippen LogP contribution is 2.22. The number of benzene rings is 1. The standard InChI is InChI=1S/C13H14I3NO3/c14-8-6-9(12(16)10(15)7-8)13(20)17-5-3-1-2-4-11(18)19/h6-7H,1-5H2,(H,17,20)(H,18,19). The number of hydrogen-bond acceptors (Lipinski definition) is 2. The van der Waals surface area contributed by atoms with Gasteiger partial charge in [0.1, 0.15) is 0 Å². The van der Waals surface area contributed by atoms with Crippen molar-refractivity contribution < 1.29 is 14.7 Å². The molecule has 0 fully saturated rings. The third-order valence-corrected chi connectivity index (χ3v) is 6.26. The van der Waals surface area contributed by atoms with Gasteiger partial charge in [-0.3, -0.25) is 9.59 Å². The Bertz CT molecular complexity index is 506. The van der Waals surface area contributed by atoms with E-state index in [9.17, 15) is 9.59 Å². The van der Waals surface area contributed by atoms with Crippen LogP contribution in [0.3, 0.4) is 0 Å². The van der Waals surface area contributed by atoms with E-state index in [1.807, 2.05) is 12.1 Å². The third kappa shape index (κ3) is 6.41. The Hall–Kier alpha value is 0.350. The van der Waals surface area contributed by atoms with Gasteiger partial charge in [-0.05, 0) is 92.7 Å². The molecule has 0 aliphatic rings. The van der Waals surface area contributed by atoms with Gasteiger partial charge in [-0.1, -0.05) is 6.42 Å². The van der Waals surface area contributed by atoms with Crippen molar-refractivity contribution in [1.29, 1.82) is 0 Å². The number of unbranched alkanes of at least 4 members (excludes halogenated alkanes) is 2. The summed E-state index contributed by atoms with van der Waals surface area (Å²) in [4.78, 5) is 22.4. The van der Waals surface area contributed by atoms with Crippen molar-refractivity contribution in [2.75, 3.05) is 6.54 Å². The lowest BCUT2D eigenvalue weighted by molar-refractivity contribution is -0.137. The monoisotopic (exact) mass is 613 g/mol. The third-order valence-electron chi connectivity index (χ3n) is 2.59. The molecule has 0 saturated heterocycles. The predicted octanol–water partition coefficient (Wildman–Crippen LogP) is 3.88. The largest absolute Gasteiger partial charge is 0.481 e. The van der Waals surface area contributed by atoms with E-state index in [1.165, 1.54) is 0 Å². The molecule has 20 heavy (non-hydrogen) atoms. The lowest BCUT2D eigenvalue weighted by Gasteiger charge is -2.09. The van der Waals surface area contributed by atoms with Gasteiger partial charge in [0, 0.05) is 23.7 Å². The van der Waals surface area contributed by atoms with Crippen LogP contribution in [0.25, 0.3) is 0 Å². The minimum Gasteiger partial charge on any atom is -0.481 e. The van der Waals surface area contributed by atoms with Crippen LogP contribution in [-0.2, 0) is 4.79 Å². The number of aliphatic carboxylic acids is 1. The second-order valence-electron chi connectivity index (χ2n) is 4.21. The van der Waals surface area contributed by atoms with Gasteiger partial charge in [-0.25, -0.2) is 0 Å². The molecule has 1 amide bonds. The molecule has 4 nitrogen and oxygen atoms in total. The van der Waals surface area contributed by atoms with Crippen LogP contribution in [0.2, 0.25) is 0 Å². The number of halogens is 3. The fourth-order valence-electron chi connectivity index (χ4n) is 1.60. The van der Waals surface area contributed by atoms with E-state index in [2.05, 4.69) is 73.1 Å². The second-order valence-corrected chi connectivity index (χ2v) is 7.70. The first kappa shape index (κ1) is 18.4. The fourth-order valence-corrected chi connectivity index (χ4v) is 4.00. The van der Waals surface area contributed by atoms with E-state index < -0.39 is 5.97 Å². The number of amides is 1. The van der Waals surface area contributed by atoms with Crippen molar-refractivity contribution in [3.63, 3.8) is 0 Å². The highest BCUT2D eigenvalue weighted by atomic mass is 127. The van der Waals surface area contributed by atoms with Crippen molar-refractivity contribution in [1.82, 2.24) is 5.32 Å². The van der Waals surface area contributed by atoms with E-state index in [4.69, 9.17) is 5.11 Å². The van der Waals surface area contributed by atoms with Crippen LogP contribution in [0, 0.1) is 10.7 Å². The first-order valence-electron chi connectivity index (χ1n) is 6.06. The number of carbonyl (C=O) groups is 2. The summed E-state index contributed by atoms with van der Waals surface area (Å²) in [6.07, 6.45) is 2.47. The van der Waals surface area contributed by atoms with Crippen LogP contribution in [0.5, 0.6) is 0 Å². The molecule has 0 spiro atoms. The van der Waals surface area contributed by atoms with Gasteiger partial charge in [0.15, 0.2) is 0 Å². The van der Waals surface area contributed by atoms with E-state index in [0.29, 0.717) is 18.5 Å². The van der Waals surface area contributed by atoms with E-state index in [-0.39, 0.29) is 12.3 Å². The number of rotatable bonds is 7. The van der Waals surface area contributed by atoms with Crippen molar-refractivity contribution in [2.45, 2.75) is 25.7 Å². The predicted molar refractivity (Wildman–Crippen MR) is 103 cm³/mol. The minimum absolute atomic E-state index is 0.0657. The van der Waals surface area contributed by atoms with Gasteiger partial charge in [0.25, 0.3) is 5.91 Å². The Morgan fingerprint density at radius 1 is 1.10 bits per heavy atom. The summed E-state index contributed by atoms with van der Waals surface area (Å²) < 4.78 is 3.08. The summed E-state index contributed by atoms with van der Waals surface area (Å²) in [7, 11) is 0. The van der Waals surface area contributed by atoms with Crippen molar-refractivity contribution in [3.8, 4) is 0 Å². The van der Waals surface area contributed by atoms with Crippen molar-refractivity contribution >= 4 is 79.6 Å². The zero-order valence-electron chi connectivity index (χ0n) is 10.6. The smallest absolute Gasteiger partial charge is 0.303 e. The van der Waals surface area contributed by atoms with Gasteiger partial charge >= 0.3 is 5.97 Å². The van der Waals surface area contributed by atoms with Crippen molar-refractivity contribution in [2.24, 2.45) is 0 Å². The average molecular weight is 613 g/mol. The van der Waals surface area contributed by atoms with Gasteiger partial charge < -0.3 is 10.4 Å². The molecule has 110 valence electrons. The molecule has 0 atom stereocenters. The summed E-state index contributed by atoms with van der Waals surface area (Å²) in [6, 6.07) is 3.91. The molecule has 2 N–H and O–H groups in total. The maximum absolute atomic E-state index is 12.1. The second kappa shape index (κ2) is 9.38. The van der Waals surface area contributed by atoms with Crippen LogP contribution in [0.1, 0.15) is 36.0 Å². The lowest BCUT2D eigenvalue weighted by atomic mass is 10.2. The van der Waals surface area contributed by atoms with E-state index in [0.717, 1.165) is 23.6 Å². The molecule has 0 radical (unpaired) electrons. The van der Waals surface area contributed by atoms with E-state index >= 15 is 0 Å². The molecule has 0 bridgehead atoms. The summed E-state index contributed by atoms with van der Waals surface area (Å²) >= 11 is 6.60. The quantitative estimate of drug-likeness (QED) is 0.279. The van der Waals surface area contributed by atoms with Crippen LogP contribution in [-0.4, -0.2) is 23.5 Å². The molecule has 1 aromatic carbocycles. The number of carbonyl (C=O) groups excluding carboxylic acids is 1. The molecule has 0 aromatic heterocycles. The maximum atomic E-state index is 12.1. The molecule has 0 saturated carbocycles. The van der Waals surface area contributed by atoms with Gasteiger partial charge in [-0.2, -0.15) is 0 Å². The van der Waals surface area contributed by atoms with Crippen molar-refractivity contribution in [3.05, 3.63) is 28.4 Å².